The number of aromatic nitrogens is 2. The maximum Gasteiger partial charge on any atom is 0.231 e. The van der Waals surface area contributed by atoms with Crippen molar-refractivity contribution in [3.8, 4) is 22.1 Å². The van der Waals surface area contributed by atoms with Crippen LogP contribution in [0.1, 0.15) is 76.8 Å². The van der Waals surface area contributed by atoms with Crippen LogP contribution in [-0.2, 0) is 9.59 Å². The Kier molecular flexibility index (Phi) is 10.1. The number of amides is 2. The van der Waals surface area contributed by atoms with Crippen LogP contribution in [0.4, 0.5) is 5.13 Å². The second kappa shape index (κ2) is 13.9. The number of hydrogen-bond acceptors (Lipinski definition) is 7. The van der Waals surface area contributed by atoms with Gasteiger partial charge in [0.25, 0.3) is 0 Å². The van der Waals surface area contributed by atoms with E-state index in [1.165, 1.54) is 30.6 Å². The van der Waals surface area contributed by atoms with Crippen LogP contribution < -0.4 is 14.8 Å². The van der Waals surface area contributed by atoms with E-state index in [2.05, 4.69) is 22.4 Å². The highest BCUT2D eigenvalue weighted by Gasteiger charge is 2.22. The second-order valence-electron chi connectivity index (χ2n) is 9.47. The molecule has 3 aromatic rings. The van der Waals surface area contributed by atoms with Gasteiger partial charge < -0.3 is 19.7 Å². The molecule has 0 unspecified atom stereocenters. The third-order valence-corrected chi connectivity index (χ3v) is 7.57. The smallest absolute Gasteiger partial charge is 0.231 e. The third-order valence-electron chi connectivity index (χ3n) is 6.68. The van der Waals surface area contributed by atoms with E-state index in [0.29, 0.717) is 34.6 Å². The molecule has 2 aromatic carbocycles. The van der Waals surface area contributed by atoms with Crippen LogP contribution in [0.25, 0.3) is 10.6 Å². The zero-order valence-corrected chi connectivity index (χ0v) is 23.0. The number of carbonyl (C=O) groups excluding carboxylic acids is 2. The van der Waals surface area contributed by atoms with Crippen molar-refractivity contribution in [1.29, 1.82) is 0 Å². The summed E-state index contributed by atoms with van der Waals surface area (Å²) in [6.07, 6.45) is 7.44. The molecule has 1 aliphatic rings. The molecule has 2 amide bonds. The van der Waals surface area contributed by atoms with Crippen LogP contribution in [0.3, 0.4) is 0 Å². The predicted octanol–water partition coefficient (Wildman–Crippen LogP) is 6.60. The van der Waals surface area contributed by atoms with Gasteiger partial charge in [0.1, 0.15) is 5.01 Å². The Morgan fingerprint density at radius 1 is 0.974 bits per heavy atom. The molecule has 0 spiro atoms. The van der Waals surface area contributed by atoms with Crippen LogP contribution in [0.2, 0.25) is 0 Å². The summed E-state index contributed by atoms with van der Waals surface area (Å²) in [6, 6.07) is 15.4. The fourth-order valence-corrected chi connectivity index (χ4v) is 5.23. The molecule has 0 saturated carbocycles. The van der Waals surface area contributed by atoms with Crippen molar-refractivity contribution in [2.45, 2.75) is 71.3 Å². The van der Waals surface area contributed by atoms with E-state index in [1.54, 1.807) is 0 Å². The molecule has 0 radical (unpaired) electrons. The van der Waals surface area contributed by atoms with Gasteiger partial charge in [0.2, 0.25) is 23.7 Å². The first-order chi connectivity index (χ1) is 18.5. The van der Waals surface area contributed by atoms with E-state index in [9.17, 15) is 9.59 Å². The van der Waals surface area contributed by atoms with Gasteiger partial charge in [-0.3, -0.25) is 9.59 Å². The number of unbranched alkanes of at least 4 members (excludes halogenated alkanes) is 5. The average molecular weight is 537 g/mol. The van der Waals surface area contributed by atoms with Gasteiger partial charge >= 0.3 is 0 Å². The Bertz CT molecular complexity index is 1200. The van der Waals surface area contributed by atoms with Crippen LogP contribution >= 0.6 is 11.3 Å². The van der Waals surface area contributed by atoms with Gasteiger partial charge in [0, 0.05) is 24.9 Å². The normalized spacial score (nSPS) is 12.8. The first-order valence-corrected chi connectivity index (χ1v) is 14.2. The van der Waals surface area contributed by atoms with Crippen molar-refractivity contribution in [3.63, 3.8) is 0 Å². The molecule has 202 valence electrons. The molecular formula is C29H36N4O4S. The van der Waals surface area contributed by atoms with Gasteiger partial charge in [-0.2, -0.15) is 0 Å². The number of nitrogens with one attached hydrogen (secondary N) is 1. The molecule has 9 heteroatoms. The van der Waals surface area contributed by atoms with Gasteiger partial charge in [-0.05, 0) is 37.1 Å². The van der Waals surface area contributed by atoms with Crippen molar-refractivity contribution in [2.24, 2.45) is 0 Å². The first-order valence-electron chi connectivity index (χ1n) is 13.4. The molecule has 0 aliphatic carbocycles. The number of carbonyl (C=O) groups is 2. The lowest BCUT2D eigenvalue weighted by molar-refractivity contribution is -0.134. The summed E-state index contributed by atoms with van der Waals surface area (Å²) in [4.78, 5) is 27.9. The molecule has 4 rings (SSSR count). The third kappa shape index (κ3) is 7.54. The highest BCUT2D eigenvalue weighted by Crippen LogP contribution is 2.37. The lowest BCUT2D eigenvalue weighted by atomic mass is 10.0. The Morgan fingerprint density at radius 3 is 2.55 bits per heavy atom. The Hall–Kier alpha value is -3.46. The number of rotatable bonds is 14. The summed E-state index contributed by atoms with van der Waals surface area (Å²) in [6.45, 7) is 4.77. The van der Waals surface area contributed by atoms with E-state index < -0.39 is 0 Å². The lowest BCUT2D eigenvalue weighted by Crippen LogP contribution is -2.36. The van der Waals surface area contributed by atoms with Crippen molar-refractivity contribution in [2.75, 3.05) is 18.7 Å². The van der Waals surface area contributed by atoms with Gasteiger partial charge in [0.15, 0.2) is 11.5 Å². The average Bonchev–Trinajstić information content (AvgIpc) is 3.60. The van der Waals surface area contributed by atoms with Crippen LogP contribution in [-0.4, -0.2) is 40.2 Å². The SMILES string of the molecule is CCCCCCCCC(=O)N(CCC(=O)Nc1nnc(-c2ccc3c(c2)OCO3)s1)[C@H](C)c1ccccc1. The zero-order chi connectivity index (χ0) is 26.7. The molecule has 1 N–H and O–H groups in total. The monoisotopic (exact) mass is 536 g/mol. The molecule has 0 bridgehead atoms. The molecule has 0 saturated heterocycles. The van der Waals surface area contributed by atoms with Gasteiger partial charge in [0.05, 0.1) is 6.04 Å². The van der Waals surface area contributed by atoms with Crippen LogP contribution in [0.5, 0.6) is 11.5 Å². The molecule has 0 fully saturated rings. The number of benzene rings is 2. The topological polar surface area (TPSA) is 93.7 Å². The Labute approximate surface area is 228 Å². The molecule has 1 aliphatic heterocycles. The molecule has 1 aromatic heterocycles. The summed E-state index contributed by atoms with van der Waals surface area (Å²) in [5, 5.41) is 12.3. The molecule has 2 heterocycles. The van der Waals surface area contributed by atoms with Crippen LogP contribution in [0, 0.1) is 0 Å². The summed E-state index contributed by atoms with van der Waals surface area (Å²) < 4.78 is 10.8. The van der Waals surface area contributed by atoms with Gasteiger partial charge in [-0.15, -0.1) is 10.2 Å². The minimum atomic E-state index is -0.198. The number of ether oxygens (including phenoxy) is 2. The van der Waals surface area contributed by atoms with Crippen molar-refractivity contribution in [1.82, 2.24) is 15.1 Å². The minimum absolute atomic E-state index is 0.0886. The van der Waals surface area contributed by atoms with E-state index in [4.69, 9.17) is 9.47 Å². The summed E-state index contributed by atoms with van der Waals surface area (Å²) in [7, 11) is 0. The van der Waals surface area contributed by atoms with Gasteiger partial charge in [-0.25, -0.2) is 0 Å². The van der Waals surface area contributed by atoms with Crippen molar-refractivity contribution < 1.29 is 19.1 Å². The fourth-order valence-electron chi connectivity index (χ4n) is 4.47. The second-order valence-corrected chi connectivity index (χ2v) is 10.4. The Morgan fingerprint density at radius 2 is 1.74 bits per heavy atom. The highest BCUT2D eigenvalue weighted by molar-refractivity contribution is 7.18. The van der Waals surface area contributed by atoms with Gasteiger partial charge in [-0.1, -0.05) is 80.7 Å². The largest absolute Gasteiger partial charge is 0.454 e. The highest BCUT2D eigenvalue weighted by atomic mass is 32.1. The van der Waals surface area contributed by atoms with E-state index in [0.717, 1.165) is 30.4 Å². The van der Waals surface area contributed by atoms with Crippen molar-refractivity contribution >= 4 is 28.3 Å². The summed E-state index contributed by atoms with van der Waals surface area (Å²) >= 11 is 1.29. The van der Waals surface area contributed by atoms with E-state index in [1.807, 2.05) is 60.4 Å². The predicted molar refractivity (Wildman–Crippen MR) is 149 cm³/mol. The zero-order valence-electron chi connectivity index (χ0n) is 22.2. The first kappa shape index (κ1) is 27.6. The van der Waals surface area contributed by atoms with Crippen molar-refractivity contribution in [3.05, 3.63) is 54.1 Å². The standard InChI is InChI=1S/C29H36N4O4S/c1-3-4-5-6-7-11-14-27(35)33(21(2)22-12-9-8-10-13-22)18-17-26(34)30-29-32-31-28(38-29)23-15-16-24-25(19-23)37-20-36-24/h8-10,12-13,15-16,19,21H,3-7,11,14,17-18,20H2,1-2H3,(H,30,32,34)/t21-/m1/s1. The lowest BCUT2D eigenvalue weighted by Gasteiger charge is -2.30. The Balaban J connectivity index is 1.33. The molecule has 1 atom stereocenters. The quantitative estimate of drug-likeness (QED) is 0.233. The van der Waals surface area contributed by atoms with E-state index in [-0.39, 0.29) is 31.1 Å². The number of anilines is 1. The fraction of sp³-hybridized carbons (Fsp3) is 0.448. The minimum Gasteiger partial charge on any atom is -0.454 e. The van der Waals surface area contributed by atoms with E-state index >= 15 is 0 Å². The number of fused-ring (bicyclic) bond motifs is 1. The number of hydrogen-bond donors (Lipinski definition) is 1. The molecule has 8 nitrogen and oxygen atoms in total. The maximum absolute atomic E-state index is 13.2. The maximum atomic E-state index is 13.2. The number of nitrogens with zero attached hydrogens (tertiary/aromatic N) is 3. The molecule has 38 heavy (non-hydrogen) atoms. The molecular weight excluding hydrogens is 500 g/mol. The summed E-state index contributed by atoms with van der Waals surface area (Å²) in [5.74, 6) is 1.26. The van der Waals surface area contributed by atoms with Crippen LogP contribution in [0.15, 0.2) is 48.5 Å². The summed E-state index contributed by atoms with van der Waals surface area (Å²) in [5.41, 5.74) is 1.90.